The van der Waals surface area contributed by atoms with Crippen LogP contribution in [0.15, 0.2) is 48.5 Å². The van der Waals surface area contributed by atoms with Crippen LogP contribution >= 0.6 is 0 Å². The summed E-state index contributed by atoms with van der Waals surface area (Å²) in [4.78, 5) is 15.8. The highest BCUT2D eigenvalue weighted by molar-refractivity contribution is 5.65. The van der Waals surface area contributed by atoms with E-state index in [0.717, 1.165) is 56.7 Å². The van der Waals surface area contributed by atoms with Crippen molar-refractivity contribution in [3.63, 3.8) is 0 Å². The fraction of sp³-hybridized carbons (Fsp3) is 0.429. The standard InChI is InChI=1S/C21H25N3O3/c25-24(26)20-15-18(9-10-19(20)22-11-4-5-12-22)21-23(13-6-14-27-21)16-17-7-2-1-3-8-17/h1-3,7-10,15,21H,4-6,11-14,16H2. The molecule has 0 aliphatic carbocycles. The molecule has 2 aromatic carbocycles. The van der Waals surface area contributed by atoms with Crippen molar-refractivity contribution in [3.8, 4) is 0 Å². The molecule has 2 saturated heterocycles. The molecule has 1 atom stereocenters. The first kappa shape index (κ1) is 17.9. The fourth-order valence-corrected chi connectivity index (χ4v) is 4.04. The predicted molar refractivity (Wildman–Crippen MR) is 105 cm³/mol. The molecular formula is C21H25N3O3. The average molecular weight is 367 g/mol. The van der Waals surface area contributed by atoms with Gasteiger partial charge in [-0.25, -0.2) is 0 Å². The first-order valence-corrected chi connectivity index (χ1v) is 9.65. The molecule has 27 heavy (non-hydrogen) atoms. The Hall–Kier alpha value is -2.44. The summed E-state index contributed by atoms with van der Waals surface area (Å²) >= 11 is 0. The summed E-state index contributed by atoms with van der Waals surface area (Å²) in [5.74, 6) is 0. The number of hydrogen-bond donors (Lipinski definition) is 0. The van der Waals surface area contributed by atoms with Gasteiger partial charge in [-0.05, 0) is 30.9 Å². The number of nitro groups is 1. The molecule has 2 heterocycles. The summed E-state index contributed by atoms with van der Waals surface area (Å²) < 4.78 is 6.04. The Kier molecular flexibility index (Phi) is 5.36. The van der Waals surface area contributed by atoms with Crippen LogP contribution in [-0.2, 0) is 11.3 Å². The molecule has 0 bridgehead atoms. The smallest absolute Gasteiger partial charge is 0.292 e. The molecule has 0 radical (unpaired) electrons. The highest BCUT2D eigenvalue weighted by Crippen LogP contribution is 2.36. The van der Waals surface area contributed by atoms with Crippen LogP contribution in [-0.4, -0.2) is 36.1 Å². The van der Waals surface area contributed by atoms with Crippen LogP contribution in [0.4, 0.5) is 11.4 Å². The Morgan fingerprint density at radius 1 is 1.04 bits per heavy atom. The second kappa shape index (κ2) is 8.06. The third-order valence-corrected chi connectivity index (χ3v) is 5.35. The van der Waals surface area contributed by atoms with Crippen molar-refractivity contribution in [2.75, 3.05) is 31.1 Å². The fourth-order valence-electron chi connectivity index (χ4n) is 4.04. The van der Waals surface area contributed by atoms with E-state index in [1.165, 1.54) is 5.56 Å². The van der Waals surface area contributed by atoms with Gasteiger partial charge in [0.05, 0.1) is 11.5 Å². The molecule has 2 aliphatic rings. The predicted octanol–water partition coefficient (Wildman–Crippen LogP) is 4.12. The zero-order valence-electron chi connectivity index (χ0n) is 15.4. The molecule has 2 aromatic rings. The molecule has 0 N–H and O–H groups in total. The van der Waals surface area contributed by atoms with Gasteiger partial charge in [-0.2, -0.15) is 0 Å². The monoisotopic (exact) mass is 367 g/mol. The van der Waals surface area contributed by atoms with Crippen molar-refractivity contribution in [3.05, 3.63) is 69.8 Å². The Morgan fingerprint density at radius 3 is 2.56 bits per heavy atom. The number of rotatable bonds is 5. The molecule has 6 nitrogen and oxygen atoms in total. The van der Waals surface area contributed by atoms with E-state index in [-0.39, 0.29) is 16.8 Å². The largest absolute Gasteiger partial charge is 0.366 e. The van der Waals surface area contributed by atoms with Gasteiger partial charge < -0.3 is 9.64 Å². The van der Waals surface area contributed by atoms with Crippen LogP contribution in [0.25, 0.3) is 0 Å². The number of nitrogens with zero attached hydrogens (tertiary/aromatic N) is 3. The molecule has 0 spiro atoms. The van der Waals surface area contributed by atoms with E-state index in [1.54, 1.807) is 6.07 Å². The van der Waals surface area contributed by atoms with Crippen molar-refractivity contribution < 1.29 is 9.66 Å². The van der Waals surface area contributed by atoms with Gasteiger partial charge >= 0.3 is 0 Å². The lowest BCUT2D eigenvalue weighted by molar-refractivity contribution is -0.384. The Balaban J connectivity index is 1.61. The van der Waals surface area contributed by atoms with Crippen molar-refractivity contribution in [1.82, 2.24) is 4.90 Å². The number of hydrogen-bond acceptors (Lipinski definition) is 5. The van der Waals surface area contributed by atoms with E-state index in [9.17, 15) is 10.1 Å². The SMILES string of the molecule is O=[N+]([O-])c1cc(C2OCCCN2Cc2ccccc2)ccc1N1CCCC1. The van der Waals surface area contributed by atoms with Gasteiger partial charge in [0, 0.05) is 37.8 Å². The van der Waals surface area contributed by atoms with Crippen molar-refractivity contribution >= 4 is 11.4 Å². The van der Waals surface area contributed by atoms with Crippen molar-refractivity contribution in [2.45, 2.75) is 32.0 Å². The zero-order valence-corrected chi connectivity index (χ0v) is 15.4. The zero-order chi connectivity index (χ0) is 18.6. The van der Waals surface area contributed by atoms with Gasteiger partial charge in [0.15, 0.2) is 0 Å². The Labute approximate surface area is 159 Å². The lowest BCUT2D eigenvalue weighted by atomic mass is 10.1. The van der Waals surface area contributed by atoms with E-state index in [4.69, 9.17) is 4.74 Å². The van der Waals surface area contributed by atoms with Crippen molar-refractivity contribution in [1.29, 1.82) is 0 Å². The van der Waals surface area contributed by atoms with E-state index >= 15 is 0 Å². The van der Waals surface area contributed by atoms with Gasteiger partial charge in [-0.15, -0.1) is 0 Å². The minimum Gasteiger partial charge on any atom is -0.366 e. The molecule has 2 fully saturated rings. The van der Waals surface area contributed by atoms with Crippen LogP contribution in [0.3, 0.4) is 0 Å². The first-order valence-electron chi connectivity index (χ1n) is 9.65. The van der Waals surface area contributed by atoms with Gasteiger partial charge in [0.1, 0.15) is 11.9 Å². The number of nitro benzene ring substituents is 1. The number of benzene rings is 2. The molecule has 6 heteroatoms. The minimum atomic E-state index is -0.262. The summed E-state index contributed by atoms with van der Waals surface area (Å²) in [6.45, 7) is 4.15. The van der Waals surface area contributed by atoms with Gasteiger partial charge in [0.2, 0.25) is 0 Å². The normalized spacial score (nSPS) is 20.7. The summed E-state index contributed by atoms with van der Waals surface area (Å²) in [5, 5.41) is 11.7. The van der Waals surface area contributed by atoms with Crippen molar-refractivity contribution in [2.24, 2.45) is 0 Å². The minimum absolute atomic E-state index is 0.184. The van der Waals surface area contributed by atoms with Gasteiger partial charge in [0.25, 0.3) is 5.69 Å². The summed E-state index contributed by atoms with van der Waals surface area (Å²) in [5.41, 5.74) is 2.99. The van der Waals surface area contributed by atoms with Crippen LogP contribution in [0.5, 0.6) is 0 Å². The summed E-state index contributed by atoms with van der Waals surface area (Å²) in [6, 6.07) is 15.9. The highest BCUT2D eigenvalue weighted by Gasteiger charge is 2.29. The Bertz CT molecular complexity index is 791. The van der Waals surface area contributed by atoms with Crippen LogP contribution in [0, 0.1) is 10.1 Å². The molecule has 142 valence electrons. The third-order valence-electron chi connectivity index (χ3n) is 5.35. The number of ether oxygens (including phenoxy) is 1. The second-order valence-corrected chi connectivity index (χ2v) is 7.23. The quantitative estimate of drug-likeness (QED) is 0.588. The van der Waals surface area contributed by atoms with E-state index in [1.807, 2.05) is 30.3 Å². The van der Waals surface area contributed by atoms with Crippen LogP contribution in [0.2, 0.25) is 0 Å². The lowest BCUT2D eigenvalue weighted by Crippen LogP contribution is -2.36. The molecule has 0 amide bonds. The summed E-state index contributed by atoms with van der Waals surface area (Å²) in [7, 11) is 0. The van der Waals surface area contributed by atoms with Gasteiger partial charge in [-0.1, -0.05) is 36.4 Å². The Morgan fingerprint density at radius 2 is 1.81 bits per heavy atom. The maximum Gasteiger partial charge on any atom is 0.292 e. The molecule has 0 aromatic heterocycles. The van der Waals surface area contributed by atoms with Crippen LogP contribution < -0.4 is 4.90 Å². The first-order chi connectivity index (χ1) is 13.2. The summed E-state index contributed by atoms with van der Waals surface area (Å²) in [6.07, 6.45) is 2.91. The van der Waals surface area contributed by atoms with Gasteiger partial charge in [-0.3, -0.25) is 15.0 Å². The maximum absolute atomic E-state index is 11.7. The molecule has 1 unspecified atom stereocenters. The molecular weight excluding hydrogens is 342 g/mol. The third kappa shape index (κ3) is 3.96. The highest BCUT2D eigenvalue weighted by atomic mass is 16.6. The second-order valence-electron chi connectivity index (χ2n) is 7.23. The number of anilines is 1. The maximum atomic E-state index is 11.7. The molecule has 0 saturated carbocycles. The molecule has 4 rings (SSSR count). The van der Waals surface area contributed by atoms with E-state index < -0.39 is 0 Å². The van der Waals surface area contributed by atoms with Crippen LogP contribution in [0.1, 0.15) is 36.6 Å². The topological polar surface area (TPSA) is 58.9 Å². The lowest BCUT2D eigenvalue weighted by Gasteiger charge is -2.36. The van der Waals surface area contributed by atoms with E-state index in [2.05, 4.69) is 21.9 Å². The molecule has 2 aliphatic heterocycles. The van der Waals surface area contributed by atoms with E-state index in [0.29, 0.717) is 6.61 Å². The average Bonchev–Trinajstić information content (AvgIpc) is 3.23.